The van der Waals surface area contributed by atoms with E-state index in [-0.39, 0.29) is 23.0 Å². The van der Waals surface area contributed by atoms with E-state index >= 15 is 0 Å². The van der Waals surface area contributed by atoms with Gasteiger partial charge in [0.2, 0.25) is 0 Å². The molecule has 0 heterocycles. The van der Waals surface area contributed by atoms with E-state index in [1.807, 2.05) is 24.3 Å². The van der Waals surface area contributed by atoms with E-state index in [2.05, 4.69) is 19.2 Å². The molecular formula is C17H19NO3. The van der Waals surface area contributed by atoms with Crippen LogP contribution in [0.3, 0.4) is 0 Å². The van der Waals surface area contributed by atoms with Crippen LogP contribution in [0.25, 0.3) is 0 Å². The zero-order valence-electron chi connectivity index (χ0n) is 12.4. The van der Waals surface area contributed by atoms with Gasteiger partial charge >= 0.3 is 0 Å². The van der Waals surface area contributed by atoms with Gasteiger partial charge in [0.25, 0.3) is 5.91 Å². The number of phenols is 1. The Morgan fingerprint density at radius 2 is 1.86 bits per heavy atom. The van der Waals surface area contributed by atoms with Crippen molar-refractivity contribution in [3.05, 3.63) is 53.6 Å². The summed E-state index contributed by atoms with van der Waals surface area (Å²) in [6.07, 6.45) is 0. The summed E-state index contributed by atoms with van der Waals surface area (Å²) in [5, 5.41) is 12.9. The first-order valence-corrected chi connectivity index (χ1v) is 6.80. The van der Waals surface area contributed by atoms with Crippen molar-refractivity contribution in [2.24, 2.45) is 0 Å². The Morgan fingerprint density at radius 1 is 1.14 bits per heavy atom. The molecule has 0 unspecified atom stereocenters. The molecule has 21 heavy (non-hydrogen) atoms. The highest BCUT2D eigenvalue weighted by molar-refractivity contribution is 6.07. The second kappa shape index (κ2) is 6.31. The maximum atomic E-state index is 12.4. The first-order valence-electron chi connectivity index (χ1n) is 6.80. The molecule has 0 aliphatic heterocycles. The van der Waals surface area contributed by atoms with Crippen LogP contribution in [-0.4, -0.2) is 18.1 Å². The monoisotopic (exact) mass is 285 g/mol. The van der Waals surface area contributed by atoms with Gasteiger partial charge in [0, 0.05) is 5.69 Å². The molecule has 2 aromatic carbocycles. The third-order valence-corrected chi connectivity index (χ3v) is 3.29. The highest BCUT2D eigenvalue weighted by atomic mass is 16.5. The van der Waals surface area contributed by atoms with E-state index in [4.69, 9.17) is 4.74 Å². The van der Waals surface area contributed by atoms with Crippen LogP contribution in [0.5, 0.6) is 11.5 Å². The van der Waals surface area contributed by atoms with Gasteiger partial charge in [-0.3, -0.25) is 4.79 Å². The number of phenolic OH excluding ortho intramolecular Hbond substituents is 1. The quantitative estimate of drug-likeness (QED) is 0.898. The van der Waals surface area contributed by atoms with Gasteiger partial charge in [0.15, 0.2) is 11.5 Å². The number of hydrogen-bond donors (Lipinski definition) is 2. The molecular weight excluding hydrogens is 266 g/mol. The minimum atomic E-state index is -0.362. The van der Waals surface area contributed by atoms with Gasteiger partial charge in [-0.25, -0.2) is 0 Å². The van der Waals surface area contributed by atoms with Gasteiger partial charge in [0.1, 0.15) is 0 Å². The van der Waals surface area contributed by atoms with Crippen LogP contribution >= 0.6 is 0 Å². The van der Waals surface area contributed by atoms with Crippen molar-refractivity contribution >= 4 is 11.6 Å². The molecule has 0 radical (unpaired) electrons. The van der Waals surface area contributed by atoms with Crippen LogP contribution in [0.2, 0.25) is 0 Å². The van der Waals surface area contributed by atoms with Crippen LogP contribution in [0, 0.1) is 0 Å². The van der Waals surface area contributed by atoms with Crippen LogP contribution in [0.15, 0.2) is 42.5 Å². The average Bonchev–Trinajstić information content (AvgIpc) is 2.47. The van der Waals surface area contributed by atoms with Crippen LogP contribution in [0.4, 0.5) is 5.69 Å². The molecule has 0 aliphatic rings. The molecule has 1 amide bonds. The van der Waals surface area contributed by atoms with Crippen LogP contribution in [-0.2, 0) is 0 Å². The van der Waals surface area contributed by atoms with Gasteiger partial charge in [-0.2, -0.15) is 0 Å². The number of aromatic hydroxyl groups is 1. The second-order valence-corrected chi connectivity index (χ2v) is 5.05. The molecule has 0 aromatic heterocycles. The van der Waals surface area contributed by atoms with E-state index in [1.165, 1.54) is 7.11 Å². The minimum absolute atomic E-state index is 0.153. The van der Waals surface area contributed by atoms with Gasteiger partial charge in [0.05, 0.1) is 12.7 Å². The first-order chi connectivity index (χ1) is 10.0. The Balaban J connectivity index is 2.31. The molecule has 2 N–H and O–H groups in total. The molecule has 2 rings (SSSR count). The number of carbonyl (C=O) groups is 1. The molecule has 0 saturated heterocycles. The number of carbonyl (C=O) groups excluding carboxylic acids is 1. The fourth-order valence-corrected chi connectivity index (χ4v) is 2.17. The zero-order chi connectivity index (χ0) is 15.4. The number of nitrogens with one attached hydrogen (secondary N) is 1. The molecule has 0 atom stereocenters. The summed E-state index contributed by atoms with van der Waals surface area (Å²) in [5.41, 5.74) is 1.99. The van der Waals surface area contributed by atoms with Crippen molar-refractivity contribution < 1.29 is 14.6 Å². The van der Waals surface area contributed by atoms with Gasteiger partial charge in [-0.05, 0) is 29.7 Å². The Hall–Kier alpha value is -2.49. The average molecular weight is 285 g/mol. The number of rotatable bonds is 4. The third kappa shape index (κ3) is 3.16. The van der Waals surface area contributed by atoms with Gasteiger partial charge in [-0.1, -0.05) is 38.1 Å². The van der Waals surface area contributed by atoms with Crippen molar-refractivity contribution in [2.75, 3.05) is 12.4 Å². The number of hydrogen-bond acceptors (Lipinski definition) is 3. The van der Waals surface area contributed by atoms with E-state index in [1.54, 1.807) is 18.2 Å². The van der Waals surface area contributed by atoms with Crippen LogP contribution in [0.1, 0.15) is 35.7 Å². The molecule has 0 bridgehead atoms. The standard InChI is InChI=1S/C17H19NO3/c1-11(2)12-7-4-5-9-14(12)18-17(20)13-8-6-10-15(21-3)16(13)19/h4-11,19H,1-3H3,(H,18,20). The van der Waals surface area contributed by atoms with Crippen LogP contribution < -0.4 is 10.1 Å². The highest BCUT2D eigenvalue weighted by Crippen LogP contribution is 2.31. The van der Waals surface area contributed by atoms with Crippen molar-refractivity contribution in [1.29, 1.82) is 0 Å². The predicted molar refractivity (Wildman–Crippen MR) is 83.1 cm³/mol. The smallest absolute Gasteiger partial charge is 0.259 e. The third-order valence-electron chi connectivity index (χ3n) is 3.29. The first kappa shape index (κ1) is 14.9. The highest BCUT2D eigenvalue weighted by Gasteiger charge is 2.16. The molecule has 0 saturated carbocycles. The number of anilines is 1. The summed E-state index contributed by atoms with van der Waals surface area (Å²) < 4.78 is 5.02. The number of ether oxygens (including phenoxy) is 1. The zero-order valence-corrected chi connectivity index (χ0v) is 12.4. The van der Waals surface area contributed by atoms with E-state index in [0.29, 0.717) is 5.92 Å². The fourth-order valence-electron chi connectivity index (χ4n) is 2.17. The fraction of sp³-hybridized carbons (Fsp3) is 0.235. The second-order valence-electron chi connectivity index (χ2n) is 5.05. The lowest BCUT2D eigenvalue weighted by Crippen LogP contribution is -2.14. The summed E-state index contributed by atoms with van der Waals surface area (Å²) in [6.45, 7) is 4.13. The summed E-state index contributed by atoms with van der Waals surface area (Å²) in [6, 6.07) is 12.5. The summed E-state index contributed by atoms with van der Waals surface area (Å²) in [5.74, 6) is 0.0548. The largest absolute Gasteiger partial charge is 0.504 e. The SMILES string of the molecule is COc1cccc(C(=O)Nc2ccccc2C(C)C)c1O. The number of methoxy groups -OCH3 is 1. The molecule has 4 nitrogen and oxygen atoms in total. The van der Waals surface area contributed by atoms with Crippen molar-refractivity contribution in [3.8, 4) is 11.5 Å². The summed E-state index contributed by atoms with van der Waals surface area (Å²) >= 11 is 0. The van der Waals surface area contributed by atoms with Crippen molar-refractivity contribution in [1.82, 2.24) is 0 Å². The molecule has 2 aromatic rings. The molecule has 0 spiro atoms. The van der Waals surface area contributed by atoms with Crippen molar-refractivity contribution in [3.63, 3.8) is 0 Å². The molecule has 0 aliphatic carbocycles. The Bertz CT molecular complexity index is 650. The Kier molecular flexibility index (Phi) is 4.48. The van der Waals surface area contributed by atoms with E-state index in [0.717, 1.165) is 11.3 Å². The maximum absolute atomic E-state index is 12.4. The minimum Gasteiger partial charge on any atom is -0.504 e. The topological polar surface area (TPSA) is 58.6 Å². The lowest BCUT2D eigenvalue weighted by atomic mass is 10.0. The van der Waals surface area contributed by atoms with E-state index < -0.39 is 0 Å². The lowest BCUT2D eigenvalue weighted by Gasteiger charge is -2.14. The number of benzene rings is 2. The van der Waals surface area contributed by atoms with E-state index in [9.17, 15) is 9.90 Å². The molecule has 110 valence electrons. The predicted octanol–water partition coefficient (Wildman–Crippen LogP) is 3.78. The molecule has 0 fully saturated rings. The molecule has 4 heteroatoms. The summed E-state index contributed by atoms with van der Waals surface area (Å²) in [4.78, 5) is 12.4. The number of amides is 1. The van der Waals surface area contributed by atoms with Gasteiger partial charge in [-0.15, -0.1) is 0 Å². The lowest BCUT2D eigenvalue weighted by molar-refractivity contribution is 0.102. The van der Waals surface area contributed by atoms with Gasteiger partial charge < -0.3 is 15.2 Å². The summed E-state index contributed by atoms with van der Waals surface area (Å²) in [7, 11) is 1.45. The Morgan fingerprint density at radius 3 is 2.52 bits per heavy atom. The Labute approximate surface area is 124 Å². The van der Waals surface area contributed by atoms with Crippen molar-refractivity contribution in [2.45, 2.75) is 19.8 Å². The normalized spacial score (nSPS) is 10.5. The number of para-hydroxylation sites is 2. The maximum Gasteiger partial charge on any atom is 0.259 e.